The molecule has 51 heavy (non-hydrogen) atoms. The average molecular weight is 741 g/mol. The molecule has 0 spiro atoms. The Hall–Kier alpha value is -1.58. The van der Waals surface area contributed by atoms with Crippen LogP contribution in [0, 0.1) is 0 Å². The van der Waals surface area contributed by atoms with E-state index < -0.39 is 38.6 Å². The lowest BCUT2D eigenvalue weighted by Crippen LogP contribution is -2.46. The van der Waals surface area contributed by atoms with Crippen molar-refractivity contribution in [2.75, 3.05) is 19.8 Å². The number of amides is 1. The maximum Gasteiger partial charge on any atom is 0.472 e. The summed E-state index contributed by atoms with van der Waals surface area (Å²) >= 11 is 0. The summed E-state index contributed by atoms with van der Waals surface area (Å²) in [5, 5.41) is 23.9. The number of nitrogens with two attached hydrogens (primary N) is 1. The SMILES string of the molecule is CCC/C=C/CC/C=C/CC/C=C/C(O)C(COP(=O)(O)OCCN)NC(=O)CC(O)CCCCCCC/C=C\CCCCCCCCCCC. The van der Waals surface area contributed by atoms with Crippen LogP contribution in [0.2, 0.25) is 0 Å². The third-order valence-corrected chi connectivity index (χ3v) is 9.62. The van der Waals surface area contributed by atoms with E-state index in [1.54, 1.807) is 6.08 Å². The first-order chi connectivity index (χ1) is 24.8. The van der Waals surface area contributed by atoms with Crippen molar-refractivity contribution in [3.8, 4) is 0 Å². The summed E-state index contributed by atoms with van der Waals surface area (Å²) in [6.45, 7) is 3.84. The minimum Gasteiger partial charge on any atom is -0.393 e. The molecule has 4 unspecified atom stereocenters. The number of phosphoric ester groups is 1. The Bertz CT molecular complexity index is 956. The van der Waals surface area contributed by atoms with E-state index in [0.29, 0.717) is 12.8 Å². The number of rotatable bonds is 37. The first kappa shape index (κ1) is 49.4. The third-order valence-electron chi connectivity index (χ3n) is 8.64. The molecular formula is C41H77N2O7P. The van der Waals surface area contributed by atoms with Gasteiger partial charge in [0.1, 0.15) is 0 Å². The van der Waals surface area contributed by atoms with Gasteiger partial charge in [0.15, 0.2) is 0 Å². The summed E-state index contributed by atoms with van der Waals surface area (Å²) in [6.07, 6.45) is 40.6. The highest BCUT2D eigenvalue weighted by molar-refractivity contribution is 7.47. The van der Waals surface area contributed by atoms with E-state index in [4.69, 9.17) is 14.8 Å². The summed E-state index contributed by atoms with van der Waals surface area (Å²) in [5.41, 5.74) is 5.34. The van der Waals surface area contributed by atoms with Crippen LogP contribution in [0.4, 0.5) is 0 Å². The molecule has 0 aromatic heterocycles. The summed E-state index contributed by atoms with van der Waals surface area (Å²) in [4.78, 5) is 22.7. The Kier molecular flexibility index (Phi) is 35.6. The third kappa shape index (κ3) is 35.2. The quantitative estimate of drug-likeness (QED) is 0.0240. The van der Waals surface area contributed by atoms with Crippen molar-refractivity contribution >= 4 is 13.7 Å². The van der Waals surface area contributed by atoms with Crippen LogP contribution in [0.25, 0.3) is 0 Å². The topological polar surface area (TPSA) is 151 Å². The van der Waals surface area contributed by atoms with E-state index in [-0.39, 0.29) is 19.6 Å². The molecule has 0 heterocycles. The highest BCUT2D eigenvalue weighted by Crippen LogP contribution is 2.43. The van der Waals surface area contributed by atoms with Gasteiger partial charge in [0.25, 0.3) is 0 Å². The predicted molar refractivity (Wildman–Crippen MR) is 213 cm³/mol. The van der Waals surface area contributed by atoms with Gasteiger partial charge in [-0.2, -0.15) is 0 Å². The second-order valence-corrected chi connectivity index (χ2v) is 15.1. The van der Waals surface area contributed by atoms with Gasteiger partial charge in [0, 0.05) is 6.54 Å². The number of allylic oxidation sites excluding steroid dienone is 7. The molecule has 0 bridgehead atoms. The zero-order valence-electron chi connectivity index (χ0n) is 32.4. The molecule has 0 aliphatic heterocycles. The van der Waals surface area contributed by atoms with Gasteiger partial charge < -0.3 is 26.2 Å². The van der Waals surface area contributed by atoms with Crippen molar-refractivity contribution in [1.82, 2.24) is 5.32 Å². The van der Waals surface area contributed by atoms with Crippen LogP contribution in [0.1, 0.15) is 168 Å². The molecule has 298 valence electrons. The lowest BCUT2D eigenvalue weighted by Gasteiger charge is -2.24. The Morgan fingerprint density at radius 2 is 1.16 bits per heavy atom. The van der Waals surface area contributed by atoms with Crippen LogP contribution < -0.4 is 11.1 Å². The average Bonchev–Trinajstić information content (AvgIpc) is 3.10. The molecule has 0 fully saturated rings. The number of aliphatic hydroxyl groups excluding tert-OH is 2. The Balaban J connectivity index is 4.36. The number of aliphatic hydroxyl groups is 2. The molecule has 0 aliphatic rings. The number of hydrogen-bond donors (Lipinski definition) is 5. The monoisotopic (exact) mass is 741 g/mol. The van der Waals surface area contributed by atoms with Crippen molar-refractivity contribution in [2.24, 2.45) is 5.73 Å². The van der Waals surface area contributed by atoms with E-state index in [2.05, 4.69) is 55.6 Å². The van der Waals surface area contributed by atoms with Crippen molar-refractivity contribution in [2.45, 2.75) is 186 Å². The molecular weight excluding hydrogens is 663 g/mol. The van der Waals surface area contributed by atoms with Crippen molar-refractivity contribution in [1.29, 1.82) is 0 Å². The number of carbonyl (C=O) groups is 1. The molecule has 0 aromatic carbocycles. The summed E-state index contributed by atoms with van der Waals surface area (Å²) in [6, 6.07) is -1.01. The van der Waals surface area contributed by atoms with Gasteiger partial charge in [-0.25, -0.2) is 4.57 Å². The zero-order chi connectivity index (χ0) is 37.7. The molecule has 0 radical (unpaired) electrons. The van der Waals surface area contributed by atoms with Crippen molar-refractivity contribution in [3.63, 3.8) is 0 Å². The maximum atomic E-state index is 12.8. The lowest BCUT2D eigenvalue weighted by molar-refractivity contribution is -0.124. The van der Waals surface area contributed by atoms with Crippen molar-refractivity contribution in [3.05, 3.63) is 48.6 Å². The van der Waals surface area contributed by atoms with Gasteiger partial charge >= 0.3 is 7.82 Å². The number of nitrogens with one attached hydrogen (secondary N) is 1. The van der Waals surface area contributed by atoms with Gasteiger partial charge in [0.2, 0.25) is 5.91 Å². The number of phosphoric acid groups is 1. The van der Waals surface area contributed by atoms with E-state index in [1.165, 1.54) is 70.6 Å². The zero-order valence-corrected chi connectivity index (χ0v) is 33.3. The Morgan fingerprint density at radius 3 is 1.71 bits per heavy atom. The smallest absolute Gasteiger partial charge is 0.393 e. The predicted octanol–water partition coefficient (Wildman–Crippen LogP) is 9.91. The minimum absolute atomic E-state index is 0.0398. The highest BCUT2D eigenvalue weighted by Gasteiger charge is 2.27. The maximum absolute atomic E-state index is 12.8. The van der Waals surface area contributed by atoms with Gasteiger partial charge in [-0.15, -0.1) is 0 Å². The van der Waals surface area contributed by atoms with E-state index in [9.17, 15) is 24.5 Å². The van der Waals surface area contributed by atoms with Crippen LogP contribution >= 0.6 is 7.82 Å². The van der Waals surface area contributed by atoms with Gasteiger partial charge in [-0.1, -0.05) is 146 Å². The largest absolute Gasteiger partial charge is 0.472 e. The van der Waals surface area contributed by atoms with E-state index >= 15 is 0 Å². The van der Waals surface area contributed by atoms with E-state index in [0.717, 1.165) is 64.2 Å². The molecule has 9 nitrogen and oxygen atoms in total. The fourth-order valence-electron chi connectivity index (χ4n) is 5.56. The fourth-order valence-corrected chi connectivity index (χ4v) is 6.32. The molecule has 4 atom stereocenters. The summed E-state index contributed by atoms with van der Waals surface area (Å²) < 4.78 is 22.0. The molecule has 6 N–H and O–H groups in total. The van der Waals surface area contributed by atoms with E-state index in [1.807, 2.05) is 6.08 Å². The van der Waals surface area contributed by atoms with Crippen LogP contribution in [-0.2, 0) is 18.4 Å². The normalized spacial score (nSPS) is 15.3. The fraction of sp³-hybridized carbons (Fsp3) is 0.780. The molecule has 0 rings (SSSR count). The first-order valence-corrected chi connectivity index (χ1v) is 21.8. The molecule has 0 saturated carbocycles. The standard InChI is InChI=1S/C41H77N2O7P/c1-3-5-7-9-11-13-15-16-17-18-19-20-21-23-24-26-28-30-32-38(44)36-41(46)43-39(37-50-51(47,48)49-35-34-42)40(45)33-31-29-27-25-22-14-12-10-8-6-4-2/h8,10,19-20,22,25,31,33,38-40,44-45H,3-7,9,11-18,21,23-24,26-30,32,34-37,42H2,1-2H3,(H,43,46)(H,47,48)/b10-8+,20-19-,25-22+,33-31+. The Labute approximate surface area is 312 Å². The molecule has 0 aliphatic carbocycles. The second kappa shape index (κ2) is 36.8. The van der Waals surface area contributed by atoms with Crippen LogP contribution in [-0.4, -0.2) is 59.0 Å². The lowest BCUT2D eigenvalue weighted by atomic mass is 10.0. The van der Waals surface area contributed by atoms with Crippen LogP contribution in [0.3, 0.4) is 0 Å². The number of unbranched alkanes of at least 4 members (excludes halogenated alkanes) is 17. The first-order valence-electron chi connectivity index (χ1n) is 20.3. The van der Waals surface area contributed by atoms with Gasteiger partial charge in [-0.3, -0.25) is 13.8 Å². The number of carbonyl (C=O) groups excluding carboxylic acids is 1. The molecule has 0 saturated heterocycles. The molecule has 1 amide bonds. The summed E-state index contributed by atoms with van der Waals surface area (Å²) in [7, 11) is -4.41. The molecule has 0 aromatic rings. The Morgan fingerprint density at radius 1 is 0.667 bits per heavy atom. The number of hydrogen-bond acceptors (Lipinski definition) is 7. The molecule has 10 heteroatoms. The van der Waals surface area contributed by atoms with Gasteiger partial charge in [-0.05, 0) is 64.2 Å². The van der Waals surface area contributed by atoms with Crippen molar-refractivity contribution < 1.29 is 33.5 Å². The summed E-state index contributed by atoms with van der Waals surface area (Å²) in [5.74, 6) is -0.468. The van der Waals surface area contributed by atoms with Gasteiger partial charge in [0.05, 0.1) is 37.9 Å². The second-order valence-electron chi connectivity index (χ2n) is 13.7. The minimum atomic E-state index is -4.41. The highest BCUT2D eigenvalue weighted by atomic mass is 31.2. The van der Waals surface area contributed by atoms with Crippen LogP contribution in [0.15, 0.2) is 48.6 Å². The van der Waals surface area contributed by atoms with Crippen LogP contribution in [0.5, 0.6) is 0 Å².